The average molecular weight is 482 g/mol. The maximum absolute atomic E-state index is 13.0. The third-order valence-electron chi connectivity index (χ3n) is 5.44. The minimum atomic E-state index is -0.523. The van der Waals surface area contributed by atoms with Gasteiger partial charge in [-0.2, -0.15) is 0 Å². The van der Waals surface area contributed by atoms with Crippen LogP contribution in [0.25, 0.3) is 11.8 Å². The number of nitro groups is 1. The summed E-state index contributed by atoms with van der Waals surface area (Å²) < 4.78 is 1.85. The van der Waals surface area contributed by atoms with Gasteiger partial charge in [-0.25, -0.2) is 0 Å². The van der Waals surface area contributed by atoms with Crippen LogP contribution in [0.15, 0.2) is 53.4 Å². The van der Waals surface area contributed by atoms with E-state index in [1.807, 2.05) is 55.7 Å². The highest BCUT2D eigenvalue weighted by molar-refractivity contribution is 8.18. The van der Waals surface area contributed by atoms with Crippen LogP contribution in [0.3, 0.4) is 0 Å². The van der Waals surface area contributed by atoms with Gasteiger partial charge in [-0.15, -0.1) is 0 Å². The van der Waals surface area contributed by atoms with Crippen molar-refractivity contribution in [1.29, 1.82) is 0 Å². The topological polar surface area (TPSA) is 85.4 Å². The van der Waals surface area contributed by atoms with Crippen LogP contribution in [0, 0.1) is 30.9 Å². The predicted octanol–water partition coefficient (Wildman–Crippen LogP) is 6.20. The first-order chi connectivity index (χ1) is 15.7. The summed E-state index contributed by atoms with van der Waals surface area (Å²) in [5.41, 5.74) is 4.73. The molecule has 9 heteroatoms. The molecule has 1 aromatic heterocycles. The first kappa shape index (κ1) is 22.8. The highest BCUT2D eigenvalue weighted by Crippen LogP contribution is 2.35. The largest absolute Gasteiger partial charge is 0.318 e. The van der Waals surface area contributed by atoms with Gasteiger partial charge in [-0.3, -0.25) is 24.6 Å². The third-order valence-corrected chi connectivity index (χ3v) is 6.67. The lowest BCUT2D eigenvalue weighted by Crippen LogP contribution is -2.27. The summed E-state index contributed by atoms with van der Waals surface area (Å²) in [6, 6.07) is 14.2. The number of benzene rings is 2. The Balaban J connectivity index is 1.65. The van der Waals surface area contributed by atoms with Gasteiger partial charge in [-0.05, 0) is 67.9 Å². The molecule has 0 radical (unpaired) electrons. The Kier molecular flexibility index (Phi) is 6.14. The maximum atomic E-state index is 13.0. The van der Waals surface area contributed by atoms with Crippen LogP contribution in [-0.4, -0.2) is 25.5 Å². The van der Waals surface area contributed by atoms with Gasteiger partial charge in [0, 0.05) is 17.5 Å². The fourth-order valence-electron chi connectivity index (χ4n) is 3.88. The summed E-state index contributed by atoms with van der Waals surface area (Å²) in [6.07, 6.45) is 1.70. The molecule has 168 valence electrons. The Morgan fingerprint density at radius 1 is 1.09 bits per heavy atom. The summed E-state index contributed by atoms with van der Waals surface area (Å²) in [5, 5.41) is 11.0. The molecule has 0 atom stereocenters. The van der Waals surface area contributed by atoms with Crippen LogP contribution < -0.4 is 0 Å². The molecule has 2 heterocycles. The Hall–Kier alpha value is -3.36. The van der Waals surface area contributed by atoms with Crippen LogP contribution in [0.5, 0.6) is 0 Å². The van der Waals surface area contributed by atoms with Gasteiger partial charge in [0.2, 0.25) is 0 Å². The minimum absolute atomic E-state index is 0.0636. The number of halogens is 1. The first-order valence-corrected chi connectivity index (χ1v) is 11.3. The molecule has 0 N–H and O–H groups in total. The molecule has 3 aromatic rings. The van der Waals surface area contributed by atoms with Crippen molar-refractivity contribution in [2.24, 2.45) is 0 Å². The maximum Gasteiger partial charge on any atom is 0.293 e. The van der Waals surface area contributed by atoms with Crippen LogP contribution in [-0.2, 0) is 11.3 Å². The Bertz CT molecular complexity index is 1350. The fraction of sp³-hybridized carbons (Fsp3) is 0.167. The zero-order valence-electron chi connectivity index (χ0n) is 18.2. The first-order valence-electron chi connectivity index (χ1n) is 10.1. The van der Waals surface area contributed by atoms with Crippen molar-refractivity contribution in [1.82, 2.24) is 9.47 Å². The minimum Gasteiger partial charge on any atom is -0.318 e. The fourth-order valence-corrected chi connectivity index (χ4v) is 4.90. The molecule has 33 heavy (non-hydrogen) atoms. The lowest BCUT2D eigenvalue weighted by molar-refractivity contribution is -0.384. The number of thioether (sulfide) groups is 1. The van der Waals surface area contributed by atoms with Gasteiger partial charge >= 0.3 is 0 Å². The average Bonchev–Trinajstić information content (AvgIpc) is 3.18. The van der Waals surface area contributed by atoms with Crippen molar-refractivity contribution in [2.45, 2.75) is 27.3 Å². The smallest absolute Gasteiger partial charge is 0.293 e. The zero-order valence-corrected chi connectivity index (χ0v) is 19.7. The quantitative estimate of drug-likeness (QED) is 0.246. The number of hydrogen-bond donors (Lipinski definition) is 0. The van der Waals surface area contributed by atoms with E-state index in [4.69, 9.17) is 11.6 Å². The van der Waals surface area contributed by atoms with Crippen LogP contribution in [0.2, 0.25) is 5.02 Å². The standard InChI is InChI=1S/C24H20ClN3O4S/c1-14-5-4-6-17(9-14)13-26-23(29)22(33-24(26)30)11-18-10-15(2)27(16(18)3)19-7-8-20(25)21(12-19)28(31)32/h4-12H,13H2,1-3H3/b22-11-. The molecule has 2 aromatic carbocycles. The molecule has 0 saturated carbocycles. The lowest BCUT2D eigenvalue weighted by Gasteiger charge is -2.12. The zero-order chi connectivity index (χ0) is 23.9. The third kappa shape index (κ3) is 4.44. The van der Waals surface area contributed by atoms with E-state index in [1.54, 1.807) is 12.1 Å². The second kappa shape index (κ2) is 8.88. The Labute approximate surface area is 199 Å². The number of amides is 2. The molecule has 2 amide bonds. The molecule has 0 bridgehead atoms. The summed E-state index contributed by atoms with van der Waals surface area (Å²) in [5.74, 6) is -0.335. The Morgan fingerprint density at radius 3 is 2.55 bits per heavy atom. The van der Waals surface area contributed by atoms with Crippen molar-refractivity contribution in [3.8, 4) is 5.69 Å². The van der Waals surface area contributed by atoms with Crippen LogP contribution in [0.1, 0.15) is 28.1 Å². The van der Waals surface area contributed by atoms with E-state index in [9.17, 15) is 19.7 Å². The van der Waals surface area contributed by atoms with Gasteiger partial charge in [0.05, 0.1) is 22.1 Å². The van der Waals surface area contributed by atoms with Gasteiger partial charge < -0.3 is 4.57 Å². The van der Waals surface area contributed by atoms with Crippen molar-refractivity contribution in [2.75, 3.05) is 0 Å². The molecule has 4 rings (SSSR count). The van der Waals surface area contributed by atoms with E-state index in [0.717, 1.165) is 39.8 Å². The summed E-state index contributed by atoms with van der Waals surface area (Å²) >= 11 is 6.86. The number of aryl methyl sites for hydroxylation is 2. The van der Waals surface area contributed by atoms with Crippen molar-refractivity contribution in [3.05, 3.63) is 96.7 Å². The van der Waals surface area contributed by atoms with Gasteiger partial charge in [0.15, 0.2) is 0 Å². The van der Waals surface area contributed by atoms with Gasteiger partial charge in [0.25, 0.3) is 16.8 Å². The molecular formula is C24H20ClN3O4S. The predicted molar refractivity (Wildman–Crippen MR) is 130 cm³/mol. The van der Waals surface area contributed by atoms with Crippen molar-refractivity contribution < 1.29 is 14.5 Å². The number of aromatic nitrogens is 1. The summed E-state index contributed by atoms with van der Waals surface area (Å²) in [6.45, 7) is 5.91. The van der Waals surface area contributed by atoms with Crippen LogP contribution in [0.4, 0.5) is 10.5 Å². The highest BCUT2D eigenvalue weighted by Gasteiger charge is 2.35. The lowest BCUT2D eigenvalue weighted by atomic mass is 10.1. The number of rotatable bonds is 5. The molecule has 0 spiro atoms. The number of carbonyl (C=O) groups is 2. The van der Waals surface area contributed by atoms with Gasteiger partial charge in [-0.1, -0.05) is 41.4 Å². The highest BCUT2D eigenvalue weighted by atomic mass is 35.5. The molecule has 1 saturated heterocycles. The second-order valence-corrected chi connectivity index (χ2v) is 9.21. The van der Waals surface area contributed by atoms with Crippen molar-refractivity contribution >= 4 is 46.3 Å². The second-order valence-electron chi connectivity index (χ2n) is 7.81. The van der Waals surface area contributed by atoms with E-state index in [0.29, 0.717) is 10.6 Å². The summed E-state index contributed by atoms with van der Waals surface area (Å²) in [4.78, 5) is 37.8. The molecule has 0 unspecified atom stereocenters. The molecule has 0 aliphatic carbocycles. The normalized spacial score (nSPS) is 15.0. The molecular weight excluding hydrogens is 462 g/mol. The van der Waals surface area contributed by atoms with Crippen molar-refractivity contribution in [3.63, 3.8) is 0 Å². The molecule has 1 aliphatic heterocycles. The van der Waals surface area contributed by atoms with E-state index in [1.165, 1.54) is 17.0 Å². The Morgan fingerprint density at radius 2 is 1.85 bits per heavy atom. The monoisotopic (exact) mass is 481 g/mol. The van der Waals surface area contributed by atoms with Crippen LogP contribution >= 0.6 is 23.4 Å². The number of imide groups is 1. The SMILES string of the molecule is Cc1cccc(CN2C(=O)S/C(=C\c3cc(C)n(-c4ccc(Cl)c([N+](=O)[O-])c4)c3C)C2=O)c1. The summed E-state index contributed by atoms with van der Waals surface area (Å²) in [7, 11) is 0. The van der Waals surface area contributed by atoms with E-state index >= 15 is 0 Å². The van der Waals surface area contributed by atoms with E-state index in [-0.39, 0.29) is 28.4 Å². The van der Waals surface area contributed by atoms with E-state index < -0.39 is 4.92 Å². The number of nitro benzene ring substituents is 1. The number of carbonyl (C=O) groups excluding carboxylic acids is 2. The van der Waals surface area contributed by atoms with Gasteiger partial charge in [0.1, 0.15) is 5.02 Å². The number of nitrogens with zero attached hydrogens (tertiary/aromatic N) is 3. The van der Waals surface area contributed by atoms with E-state index in [2.05, 4.69) is 0 Å². The number of hydrogen-bond acceptors (Lipinski definition) is 5. The molecule has 7 nitrogen and oxygen atoms in total. The molecule has 1 fully saturated rings. The molecule has 1 aliphatic rings.